The maximum atomic E-state index is 11.2. The summed E-state index contributed by atoms with van der Waals surface area (Å²) in [7, 11) is 1.77. The van der Waals surface area contributed by atoms with Crippen molar-refractivity contribution in [3.8, 4) is 11.8 Å². The molecule has 3 nitrogen and oxygen atoms in total. The van der Waals surface area contributed by atoms with Crippen LogP contribution in [-0.4, -0.2) is 37.1 Å². The van der Waals surface area contributed by atoms with Gasteiger partial charge in [0.15, 0.2) is 0 Å². The summed E-state index contributed by atoms with van der Waals surface area (Å²) in [4.78, 5) is 12.9. The molecule has 1 saturated heterocycles. The number of ether oxygens (including phenoxy) is 1. The molecule has 0 aromatic rings. The first-order chi connectivity index (χ1) is 5.75. The maximum absolute atomic E-state index is 11.2. The van der Waals surface area contributed by atoms with Crippen molar-refractivity contribution >= 4 is 5.91 Å². The first-order valence-electron chi connectivity index (χ1n) is 4.03. The molecule has 0 saturated carbocycles. The van der Waals surface area contributed by atoms with Gasteiger partial charge in [0.1, 0.15) is 0 Å². The topological polar surface area (TPSA) is 29.5 Å². The average Bonchev–Trinajstić information content (AvgIpc) is 2.55. The lowest BCUT2D eigenvalue weighted by atomic mass is 10.2. The Hall–Kier alpha value is -1.01. The molecule has 0 aromatic heterocycles. The number of amides is 1. The zero-order valence-electron chi connectivity index (χ0n) is 7.46. The van der Waals surface area contributed by atoms with Crippen LogP contribution in [0.4, 0.5) is 0 Å². The van der Waals surface area contributed by atoms with Crippen LogP contribution in [0.15, 0.2) is 0 Å². The number of rotatable bonds is 1. The number of nitrogens with zero attached hydrogens (tertiary/aromatic N) is 1. The van der Waals surface area contributed by atoms with E-state index in [1.165, 1.54) is 0 Å². The van der Waals surface area contributed by atoms with Crippen LogP contribution in [0.5, 0.6) is 0 Å². The summed E-state index contributed by atoms with van der Waals surface area (Å²) in [5.41, 5.74) is 0. The first kappa shape index (κ1) is 9.08. The fourth-order valence-corrected chi connectivity index (χ4v) is 1.19. The van der Waals surface area contributed by atoms with Gasteiger partial charge in [-0.1, -0.05) is 5.92 Å². The SMILES string of the molecule is CC#CC(=O)N(C)C1CCOC1. The molecular formula is C9H13NO2. The minimum Gasteiger partial charge on any atom is -0.379 e. The van der Waals surface area contributed by atoms with Gasteiger partial charge in [-0.25, -0.2) is 0 Å². The van der Waals surface area contributed by atoms with Crippen LogP contribution in [0.2, 0.25) is 0 Å². The van der Waals surface area contributed by atoms with Crippen molar-refractivity contribution in [3.63, 3.8) is 0 Å². The predicted octanol–water partition coefficient (Wildman–Crippen LogP) is 0.257. The second-order valence-electron chi connectivity index (χ2n) is 2.81. The summed E-state index contributed by atoms with van der Waals surface area (Å²) in [5.74, 6) is 4.98. The number of hydrogen-bond donors (Lipinski definition) is 0. The molecule has 66 valence electrons. The molecule has 0 aromatic carbocycles. The standard InChI is InChI=1S/C9H13NO2/c1-3-4-9(11)10(2)8-5-6-12-7-8/h8H,5-7H2,1-2H3. The van der Waals surface area contributed by atoms with Gasteiger partial charge in [0.25, 0.3) is 5.91 Å². The van der Waals surface area contributed by atoms with Crippen LogP contribution in [0.3, 0.4) is 0 Å². The molecule has 0 bridgehead atoms. The highest BCUT2D eigenvalue weighted by Gasteiger charge is 2.22. The summed E-state index contributed by atoms with van der Waals surface area (Å²) in [6.45, 7) is 3.06. The summed E-state index contributed by atoms with van der Waals surface area (Å²) in [6.07, 6.45) is 0.924. The van der Waals surface area contributed by atoms with E-state index in [-0.39, 0.29) is 11.9 Å². The van der Waals surface area contributed by atoms with E-state index in [2.05, 4.69) is 11.8 Å². The highest BCUT2D eigenvalue weighted by atomic mass is 16.5. The van der Waals surface area contributed by atoms with Gasteiger partial charge in [-0.2, -0.15) is 0 Å². The predicted molar refractivity (Wildman–Crippen MR) is 45.4 cm³/mol. The van der Waals surface area contributed by atoms with Crippen LogP contribution in [0.1, 0.15) is 13.3 Å². The Balaban J connectivity index is 2.48. The van der Waals surface area contributed by atoms with E-state index in [1.807, 2.05) is 0 Å². The zero-order valence-corrected chi connectivity index (χ0v) is 7.46. The molecule has 3 heteroatoms. The maximum Gasteiger partial charge on any atom is 0.298 e. The molecule has 1 amide bonds. The monoisotopic (exact) mass is 167 g/mol. The van der Waals surface area contributed by atoms with Crippen LogP contribution in [0, 0.1) is 11.8 Å². The Morgan fingerprint density at radius 3 is 2.92 bits per heavy atom. The van der Waals surface area contributed by atoms with Crippen molar-refractivity contribution in [3.05, 3.63) is 0 Å². The van der Waals surface area contributed by atoms with E-state index in [4.69, 9.17) is 4.74 Å². The van der Waals surface area contributed by atoms with Gasteiger partial charge < -0.3 is 9.64 Å². The third-order valence-corrected chi connectivity index (χ3v) is 2.01. The van der Waals surface area contributed by atoms with E-state index in [9.17, 15) is 4.79 Å². The van der Waals surface area contributed by atoms with Crippen molar-refractivity contribution in [2.24, 2.45) is 0 Å². The van der Waals surface area contributed by atoms with Crippen molar-refractivity contribution in [2.45, 2.75) is 19.4 Å². The van der Waals surface area contributed by atoms with E-state index in [1.54, 1.807) is 18.9 Å². The Labute approximate surface area is 72.7 Å². The molecule has 1 atom stereocenters. The smallest absolute Gasteiger partial charge is 0.298 e. The molecule has 0 N–H and O–H groups in total. The molecule has 1 fully saturated rings. The van der Waals surface area contributed by atoms with Crippen molar-refractivity contribution in [1.29, 1.82) is 0 Å². The van der Waals surface area contributed by atoms with E-state index >= 15 is 0 Å². The summed E-state index contributed by atoms with van der Waals surface area (Å²) in [5, 5.41) is 0. The molecule has 1 unspecified atom stereocenters. The Kier molecular flexibility index (Phi) is 3.12. The van der Waals surface area contributed by atoms with Crippen molar-refractivity contribution in [2.75, 3.05) is 20.3 Å². The normalized spacial score (nSPS) is 21.3. The van der Waals surface area contributed by atoms with Crippen molar-refractivity contribution in [1.82, 2.24) is 4.90 Å². The van der Waals surface area contributed by atoms with E-state index in [0.29, 0.717) is 6.61 Å². The second-order valence-corrected chi connectivity index (χ2v) is 2.81. The Morgan fingerprint density at radius 2 is 2.42 bits per heavy atom. The highest BCUT2D eigenvalue weighted by Crippen LogP contribution is 2.09. The summed E-state index contributed by atoms with van der Waals surface area (Å²) >= 11 is 0. The van der Waals surface area contributed by atoms with Crippen molar-refractivity contribution < 1.29 is 9.53 Å². The fourth-order valence-electron chi connectivity index (χ4n) is 1.19. The van der Waals surface area contributed by atoms with Gasteiger partial charge in [-0.05, 0) is 19.3 Å². The Bertz CT molecular complexity index is 220. The van der Waals surface area contributed by atoms with Gasteiger partial charge in [-0.3, -0.25) is 4.79 Å². The number of hydrogen-bond acceptors (Lipinski definition) is 2. The van der Waals surface area contributed by atoms with Gasteiger partial charge >= 0.3 is 0 Å². The third kappa shape index (κ3) is 1.99. The summed E-state index contributed by atoms with van der Waals surface area (Å²) < 4.78 is 5.16. The zero-order chi connectivity index (χ0) is 8.97. The molecular weight excluding hydrogens is 154 g/mol. The van der Waals surface area contributed by atoms with Gasteiger partial charge in [0.05, 0.1) is 12.6 Å². The largest absolute Gasteiger partial charge is 0.379 e. The van der Waals surface area contributed by atoms with E-state index < -0.39 is 0 Å². The lowest BCUT2D eigenvalue weighted by Crippen LogP contribution is -2.36. The molecule has 1 aliphatic heterocycles. The van der Waals surface area contributed by atoms with Crippen LogP contribution in [0.25, 0.3) is 0 Å². The number of carbonyl (C=O) groups excluding carboxylic acids is 1. The average molecular weight is 167 g/mol. The van der Waals surface area contributed by atoms with Gasteiger partial charge in [-0.15, -0.1) is 0 Å². The van der Waals surface area contributed by atoms with E-state index in [0.717, 1.165) is 13.0 Å². The quantitative estimate of drug-likeness (QED) is 0.524. The highest BCUT2D eigenvalue weighted by molar-refractivity contribution is 5.93. The Morgan fingerprint density at radius 1 is 1.67 bits per heavy atom. The molecule has 0 radical (unpaired) electrons. The molecule has 0 aliphatic carbocycles. The lowest BCUT2D eigenvalue weighted by Gasteiger charge is -2.19. The molecule has 1 rings (SSSR count). The minimum atomic E-state index is -0.118. The number of likely N-dealkylation sites (N-methyl/N-ethyl adjacent to an activating group) is 1. The molecule has 1 heterocycles. The number of carbonyl (C=O) groups is 1. The first-order valence-corrected chi connectivity index (χ1v) is 4.03. The second kappa shape index (κ2) is 4.13. The molecule has 1 aliphatic rings. The summed E-state index contributed by atoms with van der Waals surface area (Å²) in [6, 6.07) is 0.221. The van der Waals surface area contributed by atoms with Gasteiger partial charge in [0, 0.05) is 13.7 Å². The van der Waals surface area contributed by atoms with Crippen LogP contribution < -0.4 is 0 Å². The lowest BCUT2D eigenvalue weighted by molar-refractivity contribution is -0.125. The van der Waals surface area contributed by atoms with Crippen LogP contribution >= 0.6 is 0 Å². The molecule has 12 heavy (non-hydrogen) atoms. The fraction of sp³-hybridized carbons (Fsp3) is 0.667. The van der Waals surface area contributed by atoms with Crippen LogP contribution in [-0.2, 0) is 9.53 Å². The minimum absolute atomic E-state index is 0.118. The molecule has 0 spiro atoms. The third-order valence-electron chi connectivity index (χ3n) is 2.01. The van der Waals surface area contributed by atoms with Gasteiger partial charge in [0.2, 0.25) is 0 Å².